The van der Waals surface area contributed by atoms with E-state index >= 15 is 0 Å². The van der Waals surface area contributed by atoms with E-state index in [0.29, 0.717) is 54.2 Å². The van der Waals surface area contributed by atoms with Crippen molar-refractivity contribution in [2.75, 3.05) is 31.6 Å². The third-order valence-corrected chi connectivity index (χ3v) is 4.79. The number of carbonyl (C=O) groups excluding carboxylic acids is 2. The zero-order chi connectivity index (χ0) is 20.2. The zero-order valence-corrected chi connectivity index (χ0v) is 15.7. The number of aromatic amines is 1. The number of benzene rings is 1. The Morgan fingerprint density at radius 1 is 1.17 bits per heavy atom. The number of urea groups is 1. The lowest BCUT2D eigenvalue weighted by molar-refractivity contribution is -0.112. The fourth-order valence-electron chi connectivity index (χ4n) is 3.33. The van der Waals surface area contributed by atoms with Crippen molar-refractivity contribution in [3.63, 3.8) is 0 Å². The third-order valence-electron chi connectivity index (χ3n) is 4.79. The average Bonchev–Trinajstić information content (AvgIpc) is 3.17. The maximum Gasteiger partial charge on any atom is 0.322 e. The largest absolute Gasteiger partial charge is 0.378 e. The predicted octanol–water partition coefficient (Wildman–Crippen LogP) is 2.45. The summed E-state index contributed by atoms with van der Waals surface area (Å²) in [4.78, 5) is 33.8. The molecule has 1 aliphatic heterocycles. The second kappa shape index (κ2) is 8.15. The van der Waals surface area contributed by atoms with E-state index in [1.165, 1.54) is 0 Å². The maximum atomic E-state index is 12.6. The topological polar surface area (TPSA) is 113 Å². The average molecular weight is 391 g/mol. The number of nitrogens with two attached hydrogens (primary N) is 1. The van der Waals surface area contributed by atoms with E-state index in [9.17, 15) is 9.59 Å². The Bertz CT molecular complexity index is 1070. The molecule has 3 amide bonds. The number of rotatable bonds is 4. The van der Waals surface area contributed by atoms with Gasteiger partial charge in [-0.1, -0.05) is 30.3 Å². The van der Waals surface area contributed by atoms with E-state index in [-0.39, 0.29) is 6.03 Å². The zero-order valence-electron chi connectivity index (χ0n) is 15.7. The number of morpholine rings is 1. The molecule has 3 heterocycles. The van der Waals surface area contributed by atoms with E-state index in [1.807, 2.05) is 30.3 Å². The Labute approximate surface area is 167 Å². The van der Waals surface area contributed by atoms with Gasteiger partial charge in [-0.25, -0.2) is 9.78 Å². The van der Waals surface area contributed by atoms with Crippen molar-refractivity contribution in [3.05, 3.63) is 59.9 Å². The molecule has 2 aromatic heterocycles. The van der Waals surface area contributed by atoms with Crippen molar-refractivity contribution >= 4 is 40.3 Å². The van der Waals surface area contributed by atoms with Gasteiger partial charge in [-0.05, 0) is 17.7 Å². The van der Waals surface area contributed by atoms with Crippen LogP contribution in [-0.4, -0.2) is 53.1 Å². The van der Waals surface area contributed by atoms with Gasteiger partial charge in [0.15, 0.2) is 0 Å². The van der Waals surface area contributed by atoms with Crippen LogP contribution >= 0.6 is 0 Å². The van der Waals surface area contributed by atoms with Gasteiger partial charge >= 0.3 is 6.03 Å². The van der Waals surface area contributed by atoms with Crippen molar-refractivity contribution in [1.29, 1.82) is 0 Å². The van der Waals surface area contributed by atoms with Gasteiger partial charge in [0.1, 0.15) is 5.65 Å². The Kier molecular flexibility index (Phi) is 5.26. The van der Waals surface area contributed by atoms with Crippen LogP contribution in [0, 0.1) is 0 Å². The van der Waals surface area contributed by atoms with Gasteiger partial charge in [0.25, 0.3) is 0 Å². The standard InChI is InChI=1S/C21H21N5O3/c22-19(27)16(14-4-2-1-3-5-14)12-15-13-24-20-18(15)17(6-7-23-20)25-21(28)26-8-10-29-11-9-26/h1-7,12-13H,8-11H2,(H2,22,27)(H2,23,24,25,28)/b16-12-. The summed E-state index contributed by atoms with van der Waals surface area (Å²) in [6, 6.07) is 10.7. The van der Waals surface area contributed by atoms with Crippen LogP contribution in [0.5, 0.6) is 0 Å². The summed E-state index contributed by atoms with van der Waals surface area (Å²) in [6.07, 6.45) is 5.07. The summed E-state index contributed by atoms with van der Waals surface area (Å²) in [5, 5.41) is 3.66. The van der Waals surface area contributed by atoms with Crippen LogP contribution in [0.15, 0.2) is 48.8 Å². The van der Waals surface area contributed by atoms with Crippen LogP contribution < -0.4 is 11.1 Å². The molecular formula is C21H21N5O3. The molecule has 3 aromatic rings. The molecule has 0 aliphatic carbocycles. The van der Waals surface area contributed by atoms with Crippen molar-refractivity contribution in [3.8, 4) is 0 Å². The number of anilines is 1. The lowest BCUT2D eigenvalue weighted by Crippen LogP contribution is -2.43. The number of pyridine rings is 1. The van der Waals surface area contributed by atoms with Crippen LogP contribution in [0.3, 0.4) is 0 Å². The molecule has 1 aliphatic rings. The first-order valence-electron chi connectivity index (χ1n) is 9.30. The highest BCUT2D eigenvalue weighted by Gasteiger charge is 2.19. The molecule has 0 atom stereocenters. The molecule has 1 fully saturated rings. The molecule has 0 bridgehead atoms. The molecule has 29 heavy (non-hydrogen) atoms. The summed E-state index contributed by atoms with van der Waals surface area (Å²) in [5.41, 5.74) is 8.64. The first kappa shape index (κ1) is 18.7. The number of hydrogen-bond donors (Lipinski definition) is 3. The van der Waals surface area contributed by atoms with Crippen molar-refractivity contribution in [1.82, 2.24) is 14.9 Å². The van der Waals surface area contributed by atoms with Crippen LogP contribution in [0.4, 0.5) is 10.5 Å². The summed E-state index contributed by atoms with van der Waals surface area (Å²) in [5.74, 6) is -0.534. The molecule has 0 radical (unpaired) electrons. The highest BCUT2D eigenvalue weighted by molar-refractivity contribution is 6.24. The van der Waals surface area contributed by atoms with Gasteiger partial charge in [0, 0.05) is 42.0 Å². The fraction of sp³-hybridized carbons (Fsp3) is 0.190. The second-order valence-corrected chi connectivity index (χ2v) is 6.64. The van der Waals surface area contributed by atoms with E-state index in [2.05, 4.69) is 15.3 Å². The normalized spacial score (nSPS) is 14.8. The smallest absolute Gasteiger partial charge is 0.322 e. The lowest BCUT2D eigenvalue weighted by Gasteiger charge is -2.27. The van der Waals surface area contributed by atoms with E-state index in [4.69, 9.17) is 10.5 Å². The summed E-state index contributed by atoms with van der Waals surface area (Å²) in [6.45, 7) is 2.13. The van der Waals surface area contributed by atoms with Crippen LogP contribution in [-0.2, 0) is 9.53 Å². The molecule has 8 heteroatoms. The number of nitrogens with one attached hydrogen (secondary N) is 2. The Morgan fingerprint density at radius 3 is 2.66 bits per heavy atom. The highest BCUT2D eigenvalue weighted by atomic mass is 16.5. The maximum absolute atomic E-state index is 12.6. The minimum atomic E-state index is -0.534. The molecule has 0 spiro atoms. The quantitative estimate of drug-likeness (QED) is 0.593. The van der Waals surface area contributed by atoms with Crippen LogP contribution in [0.1, 0.15) is 11.1 Å². The number of H-pyrrole nitrogens is 1. The monoisotopic (exact) mass is 391 g/mol. The lowest BCUT2D eigenvalue weighted by atomic mass is 10.0. The predicted molar refractivity (Wildman–Crippen MR) is 111 cm³/mol. The minimum absolute atomic E-state index is 0.199. The molecule has 4 N–H and O–H groups in total. The molecule has 1 aromatic carbocycles. The van der Waals surface area contributed by atoms with Gasteiger partial charge in [-0.3, -0.25) is 4.79 Å². The molecular weight excluding hydrogens is 370 g/mol. The van der Waals surface area contributed by atoms with Crippen molar-refractivity contribution in [2.45, 2.75) is 0 Å². The summed E-state index contributed by atoms with van der Waals surface area (Å²) in [7, 11) is 0. The number of aromatic nitrogens is 2. The number of fused-ring (bicyclic) bond motifs is 1. The fourth-order valence-corrected chi connectivity index (χ4v) is 3.33. The number of carbonyl (C=O) groups is 2. The number of amides is 3. The SMILES string of the molecule is NC(=O)/C(=C\c1c[nH]c2nccc(NC(=O)N3CCOCC3)c12)c1ccccc1. The van der Waals surface area contributed by atoms with Gasteiger partial charge < -0.3 is 25.7 Å². The van der Waals surface area contributed by atoms with Crippen LogP contribution in [0.25, 0.3) is 22.7 Å². The third kappa shape index (κ3) is 3.97. The number of nitrogens with zero attached hydrogens (tertiary/aromatic N) is 2. The molecule has 4 rings (SSSR count). The van der Waals surface area contributed by atoms with Crippen LogP contribution in [0.2, 0.25) is 0 Å². The molecule has 0 saturated carbocycles. The van der Waals surface area contributed by atoms with E-state index < -0.39 is 5.91 Å². The van der Waals surface area contributed by atoms with Crippen molar-refractivity contribution in [2.24, 2.45) is 5.73 Å². The van der Waals surface area contributed by atoms with E-state index in [1.54, 1.807) is 29.4 Å². The van der Waals surface area contributed by atoms with Crippen molar-refractivity contribution < 1.29 is 14.3 Å². The van der Waals surface area contributed by atoms with Gasteiger partial charge in [-0.2, -0.15) is 0 Å². The Hall–Kier alpha value is -3.65. The highest BCUT2D eigenvalue weighted by Crippen LogP contribution is 2.29. The summed E-state index contributed by atoms with van der Waals surface area (Å²) < 4.78 is 5.30. The van der Waals surface area contributed by atoms with Gasteiger partial charge in [-0.15, -0.1) is 0 Å². The molecule has 0 unspecified atom stereocenters. The van der Waals surface area contributed by atoms with Gasteiger partial charge in [0.05, 0.1) is 18.9 Å². The molecule has 148 valence electrons. The number of hydrogen-bond acceptors (Lipinski definition) is 4. The Morgan fingerprint density at radius 2 is 1.93 bits per heavy atom. The van der Waals surface area contributed by atoms with E-state index in [0.717, 1.165) is 5.56 Å². The Balaban J connectivity index is 1.72. The second-order valence-electron chi connectivity index (χ2n) is 6.64. The first-order chi connectivity index (χ1) is 14.1. The summed E-state index contributed by atoms with van der Waals surface area (Å²) >= 11 is 0. The number of primary amides is 1. The molecule has 1 saturated heterocycles. The first-order valence-corrected chi connectivity index (χ1v) is 9.30. The number of ether oxygens (including phenoxy) is 1. The van der Waals surface area contributed by atoms with Gasteiger partial charge in [0.2, 0.25) is 5.91 Å². The molecule has 8 nitrogen and oxygen atoms in total. The minimum Gasteiger partial charge on any atom is -0.378 e.